The molecule has 1 heterocycles. The molecule has 1 aromatic rings. The fraction of sp³-hybridized carbons (Fsp3) is 0.412. The minimum Gasteiger partial charge on any atom is -0.353 e. The summed E-state index contributed by atoms with van der Waals surface area (Å²) in [5.74, 6) is -0.168. The smallest absolute Gasteiger partial charge is 0.246 e. The molecule has 0 unspecified atom stereocenters. The van der Waals surface area contributed by atoms with Crippen LogP contribution in [-0.4, -0.2) is 30.3 Å². The van der Waals surface area contributed by atoms with Crippen molar-refractivity contribution >= 4 is 18.0 Å². The average molecular weight is 288 g/mol. The van der Waals surface area contributed by atoms with Gasteiger partial charge in [0.2, 0.25) is 12.3 Å². The highest BCUT2D eigenvalue weighted by atomic mass is 16.1. The van der Waals surface area contributed by atoms with E-state index < -0.39 is 0 Å². The molecule has 0 aliphatic carbocycles. The average Bonchev–Trinajstić information content (AvgIpc) is 2.50. The third-order valence-corrected chi connectivity index (χ3v) is 3.34. The summed E-state index contributed by atoms with van der Waals surface area (Å²) in [6, 6.07) is 5.97. The molecule has 1 aromatic carbocycles. The number of fused-ring (bicyclic) bond motifs is 1. The first-order chi connectivity index (χ1) is 10.2. The Kier molecular flexibility index (Phi) is 6.66. The van der Waals surface area contributed by atoms with Crippen molar-refractivity contribution in [1.29, 1.82) is 0 Å². The molecule has 0 spiro atoms. The van der Waals surface area contributed by atoms with Gasteiger partial charge in [0.05, 0.1) is 5.70 Å². The summed E-state index contributed by atoms with van der Waals surface area (Å²) >= 11 is 0. The van der Waals surface area contributed by atoms with Crippen molar-refractivity contribution < 1.29 is 9.59 Å². The lowest BCUT2D eigenvalue weighted by atomic mass is 9.92. The molecular weight excluding hydrogens is 264 g/mol. The topological polar surface area (TPSA) is 49.4 Å². The van der Waals surface area contributed by atoms with Gasteiger partial charge in [-0.3, -0.25) is 9.59 Å². The van der Waals surface area contributed by atoms with Crippen LogP contribution in [0.1, 0.15) is 37.5 Å². The Morgan fingerprint density at radius 3 is 2.71 bits per heavy atom. The standard InChI is InChI=1S/C15H18N2O2.C2H6/c1-3-16-15(19)9-14-13-6-4-5-11(2)12(13)7-8-17(14)10-18;1-2/h4-6,9-10H,3,7-8H2,1-2H3,(H,16,19);1-2H3/b14-9-;. The Hall–Kier alpha value is -2.10. The maximum atomic E-state index is 11.7. The van der Waals surface area contributed by atoms with E-state index >= 15 is 0 Å². The highest BCUT2D eigenvalue weighted by molar-refractivity contribution is 5.97. The van der Waals surface area contributed by atoms with Crippen LogP contribution in [-0.2, 0) is 16.0 Å². The lowest BCUT2D eigenvalue weighted by Gasteiger charge is -2.29. The Morgan fingerprint density at radius 2 is 2.10 bits per heavy atom. The molecule has 4 heteroatoms. The highest BCUT2D eigenvalue weighted by Crippen LogP contribution is 2.29. The molecule has 0 bridgehead atoms. The minimum atomic E-state index is -0.168. The van der Waals surface area contributed by atoms with E-state index in [1.54, 1.807) is 4.90 Å². The van der Waals surface area contributed by atoms with E-state index in [-0.39, 0.29) is 5.91 Å². The summed E-state index contributed by atoms with van der Waals surface area (Å²) in [5.41, 5.74) is 4.08. The molecule has 0 radical (unpaired) electrons. The van der Waals surface area contributed by atoms with Crippen LogP contribution >= 0.6 is 0 Å². The molecule has 2 amide bonds. The van der Waals surface area contributed by atoms with Crippen molar-refractivity contribution in [2.45, 2.75) is 34.1 Å². The van der Waals surface area contributed by atoms with Gasteiger partial charge in [-0.15, -0.1) is 0 Å². The third kappa shape index (κ3) is 3.94. The van der Waals surface area contributed by atoms with Crippen molar-refractivity contribution in [3.8, 4) is 0 Å². The minimum absolute atomic E-state index is 0.168. The van der Waals surface area contributed by atoms with E-state index in [9.17, 15) is 9.59 Å². The van der Waals surface area contributed by atoms with E-state index in [1.165, 1.54) is 17.2 Å². The van der Waals surface area contributed by atoms with Crippen molar-refractivity contribution in [2.24, 2.45) is 0 Å². The predicted molar refractivity (Wildman–Crippen MR) is 85.7 cm³/mol. The zero-order chi connectivity index (χ0) is 15.8. The molecule has 21 heavy (non-hydrogen) atoms. The van der Waals surface area contributed by atoms with Gasteiger partial charge in [-0.1, -0.05) is 32.0 Å². The number of carbonyl (C=O) groups excluding carboxylic acids is 2. The number of hydrogen-bond acceptors (Lipinski definition) is 2. The van der Waals surface area contributed by atoms with Gasteiger partial charge in [-0.05, 0) is 31.4 Å². The number of aryl methyl sites for hydroxylation is 1. The van der Waals surface area contributed by atoms with Crippen LogP contribution in [0.25, 0.3) is 5.70 Å². The van der Waals surface area contributed by atoms with Crippen molar-refractivity contribution in [3.63, 3.8) is 0 Å². The van der Waals surface area contributed by atoms with Gasteiger partial charge < -0.3 is 10.2 Å². The number of carbonyl (C=O) groups is 2. The molecular formula is C17H24N2O2. The zero-order valence-electron chi connectivity index (χ0n) is 13.3. The molecule has 1 aliphatic rings. The number of nitrogens with one attached hydrogen (secondary N) is 1. The molecule has 2 rings (SSSR count). The summed E-state index contributed by atoms with van der Waals surface area (Å²) in [7, 11) is 0. The second kappa shape index (κ2) is 8.25. The largest absolute Gasteiger partial charge is 0.353 e. The summed E-state index contributed by atoms with van der Waals surface area (Å²) < 4.78 is 0. The molecule has 4 nitrogen and oxygen atoms in total. The Balaban J connectivity index is 0.00000106. The van der Waals surface area contributed by atoms with Crippen molar-refractivity contribution in [2.75, 3.05) is 13.1 Å². The second-order valence-electron chi connectivity index (χ2n) is 4.57. The summed E-state index contributed by atoms with van der Waals surface area (Å²) in [6.07, 6.45) is 3.12. The number of likely N-dealkylation sites (N-methyl/N-ethyl adjacent to an activating group) is 1. The first-order valence-electron chi connectivity index (χ1n) is 7.47. The van der Waals surface area contributed by atoms with Gasteiger partial charge in [0.15, 0.2) is 0 Å². The van der Waals surface area contributed by atoms with Crippen LogP contribution in [0.5, 0.6) is 0 Å². The summed E-state index contributed by atoms with van der Waals surface area (Å²) in [6.45, 7) is 9.11. The van der Waals surface area contributed by atoms with Gasteiger partial charge in [0.1, 0.15) is 0 Å². The maximum Gasteiger partial charge on any atom is 0.246 e. The van der Waals surface area contributed by atoms with Gasteiger partial charge >= 0.3 is 0 Å². The lowest BCUT2D eigenvalue weighted by Crippen LogP contribution is -2.30. The number of nitrogens with zero attached hydrogens (tertiary/aromatic N) is 1. The van der Waals surface area contributed by atoms with Gasteiger partial charge in [-0.25, -0.2) is 0 Å². The Labute approximate surface area is 126 Å². The van der Waals surface area contributed by atoms with E-state index in [0.29, 0.717) is 18.8 Å². The third-order valence-electron chi connectivity index (χ3n) is 3.34. The van der Waals surface area contributed by atoms with Gasteiger partial charge in [0.25, 0.3) is 0 Å². The van der Waals surface area contributed by atoms with Crippen molar-refractivity contribution in [1.82, 2.24) is 10.2 Å². The Bertz CT molecular complexity index is 536. The van der Waals surface area contributed by atoms with E-state index in [2.05, 4.69) is 18.3 Å². The molecule has 1 N–H and O–H groups in total. The van der Waals surface area contributed by atoms with E-state index in [1.807, 2.05) is 32.9 Å². The molecule has 0 fully saturated rings. The molecule has 1 aliphatic heterocycles. The van der Waals surface area contributed by atoms with Gasteiger partial charge in [0, 0.05) is 24.7 Å². The quantitative estimate of drug-likeness (QED) is 0.686. The highest BCUT2D eigenvalue weighted by Gasteiger charge is 2.22. The molecule has 0 saturated heterocycles. The van der Waals surface area contributed by atoms with Crippen LogP contribution in [0, 0.1) is 6.92 Å². The predicted octanol–water partition coefficient (Wildman–Crippen LogP) is 2.51. The molecule has 0 atom stereocenters. The van der Waals surface area contributed by atoms with Crippen LogP contribution < -0.4 is 5.32 Å². The van der Waals surface area contributed by atoms with Gasteiger partial charge in [-0.2, -0.15) is 0 Å². The Morgan fingerprint density at radius 1 is 1.38 bits per heavy atom. The lowest BCUT2D eigenvalue weighted by molar-refractivity contribution is -0.116. The summed E-state index contributed by atoms with van der Waals surface area (Å²) in [4.78, 5) is 24.5. The molecule has 0 aromatic heterocycles. The zero-order valence-corrected chi connectivity index (χ0v) is 13.3. The SMILES string of the molecule is CC.CCNC(=O)/C=C1/c2cccc(C)c2CCN1C=O. The normalized spacial score (nSPS) is 14.9. The number of amides is 2. The monoisotopic (exact) mass is 288 g/mol. The summed E-state index contributed by atoms with van der Waals surface area (Å²) in [5, 5.41) is 2.72. The first-order valence-corrected chi connectivity index (χ1v) is 7.47. The number of hydrogen-bond donors (Lipinski definition) is 1. The fourth-order valence-corrected chi connectivity index (χ4v) is 2.40. The molecule has 0 saturated carbocycles. The maximum absolute atomic E-state index is 11.7. The van der Waals surface area contributed by atoms with Crippen LogP contribution in [0.3, 0.4) is 0 Å². The van der Waals surface area contributed by atoms with Crippen LogP contribution in [0.15, 0.2) is 24.3 Å². The van der Waals surface area contributed by atoms with Crippen LogP contribution in [0.4, 0.5) is 0 Å². The van der Waals surface area contributed by atoms with Crippen molar-refractivity contribution in [3.05, 3.63) is 41.0 Å². The van der Waals surface area contributed by atoms with E-state index in [0.717, 1.165) is 18.4 Å². The van der Waals surface area contributed by atoms with E-state index in [4.69, 9.17) is 0 Å². The number of benzene rings is 1. The fourth-order valence-electron chi connectivity index (χ4n) is 2.40. The van der Waals surface area contributed by atoms with Crippen LogP contribution in [0.2, 0.25) is 0 Å². The first kappa shape index (κ1) is 17.0. The second-order valence-corrected chi connectivity index (χ2v) is 4.57. The molecule has 114 valence electrons. The number of rotatable bonds is 3.